The lowest BCUT2D eigenvalue weighted by molar-refractivity contribution is 0.102. The topological polar surface area (TPSA) is 47.6 Å². The molecule has 0 saturated heterocycles. The largest absolute Gasteiger partial charge is 0.491 e. The standard InChI is InChI=1S/C18H20BrNO3/c1-3-22-9-10-23-16-6-4-5-15(12-16)20-18(21)14-8-7-13(2)17(19)11-14/h4-8,11-12H,3,9-10H2,1-2H3,(H,20,21). The summed E-state index contributed by atoms with van der Waals surface area (Å²) < 4.78 is 11.7. The van der Waals surface area contributed by atoms with Gasteiger partial charge in [0.1, 0.15) is 12.4 Å². The Hall–Kier alpha value is -1.85. The quantitative estimate of drug-likeness (QED) is 0.726. The number of amides is 1. The maximum atomic E-state index is 12.3. The van der Waals surface area contributed by atoms with Gasteiger partial charge in [-0.1, -0.05) is 28.1 Å². The van der Waals surface area contributed by atoms with Crippen molar-refractivity contribution in [3.8, 4) is 5.75 Å². The predicted molar refractivity (Wildman–Crippen MR) is 95.3 cm³/mol. The maximum Gasteiger partial charge on any atom is 0.255 e. The molecular weight excluding hydrogens is 358 g/mol. The Morgan fingerprint density at radius 2 is 2.00 bits per heavy atom. The lowest BCUT2D eigenvalue weighted by Crippen LogP contribution is -2.12. The van der Waals surface area contributed by atoms with E-state index in [0.717, 1.165) is 10.0 Å². The number of hydrogen-bond donors (Lipinski definition) is 1. The minimum atomic E-state index is -0.155. The normalized spacial score (nSPS) is 10.4. The van der Waals surface area contributed by atoms with Crippen LogP contribution in [0.15, 0.2) is 46.9 Å². The second-order valence-electron chi connectivity index (χ2n) is 4.99. The SMILES string of the molecule is CCOCCOc1cccc(NC(=O)c2ccc(C)c(Br)c2)c1. The summed E-state index contributed by atoms with van der Waals surface area (Å²) in [4.78, 5) is 12.3. The van der Waals surface area contributed by atoms with Crippen molar-refractivity contribution in [2.75, 3.05) is 25.1 Å². The number of rotatable bonds is 7. The molecular formula is C18H20BrNO3. The predicted octanol–water partition coefficient (Wildman–Crippen LogP) is 4.43. The van der Waals surface area contributed by atoms with Crippen molar-refractivity contribution in [2.24, 2.45) is 0 Å². The van der Waals surface area contributed by atoms with Crippen LogP contribution in [0.2, 0.25) is 0 Å². The van der Waals surface area contributed by atoms with E-state index in [2.05, 4.69) is 21.2 Å². The summed E-state index contributed by atoms with van der Waals surface area (Å²) >= 11 is 3.44. The first kappa shape index (κ1) is 17.5. The van der Waals surface area contributed by atoms with Gasteiger partial charge in [-0.25, -0.2) is 0 Å². The molecule has 2 aromatic carbocycles. The highest BCUT2D eigenvalue weighted by Crippen LogP contribution is 2.20. The molecule has 0 saturated carbocycles. The zero-order chi connectivity index (χ0) is 16.7. The van der Waals surface area contributed by atoms with Gasteiger partial charge in [-0.3, -0.25) is 4.79 Å². The Labute approximate surface area is 144 Å². The zero-order valence-electron chi connectivity index (χ0n) is 13.3. The van der Waals surface area contributed by atoms with Gasteiger partial charge in [-0.15, -0.1) is 0 Å². The van der Waals surface area contributed by atoms with Crippen molar-refractivity contribution >= 4 is 27.5 Å². The van der Waals surface area contributed by atoms with Crippen molar-refractivity contribution in [2.45, 2.75) is 13.8 Å². The Bertz CT molecular complexity index is 673. The Kier molecular flexibility index (Phi) is 6.62. The monoisotopic (exact) mass is 377 g/mol. The van der Waals surface area contributed by atoms with Crippen LogP contribution in [-0.2, 0) is 4.74 Å². The van der Waals surface area contributed by atoms with Crippen LogP contribution in [-0.4, -0.2) is 25.7 Å². The molecule has 23 heavy (non-hydrogen) atoms. The minimum absolute atomic E-state index is 0.155. The molecule has 5 heteroatoms. The summed E-state index contributed by atoms with van der Waals surface area (Å²) in [7, 11) is 0. The van der Waals surface area contributed by atoms with Gasteiger partial charge in [-0.05, 0) is 43.7 Å². The summed E-state index contributed by atoms with van der Waals surface area (Å²) in [5.74, 6) is 0.546. The number of hydrogen-bond acceptors (Lipinski definition) is 3. The molecule has 1 amide bonds. The third kappa shape index (κ3) is 5.37. The molecule has 0 aliphatic carbocycles. The summed E-state index contributed by atoms with van der Waals surface area (Å²) in [5, 5.41) is 2.88. The molecule has 0 radical (unpaired) electrons. The number of nitrogens with one attached hydrogen (secondary N) is 1. The second-order valence-corrected chi connectivity index (χ2v) is 5.85. The van der Waals surface area contributed by atoms with E-state index >= 15 is 0 Å². The van der Waals surface area contributed by atoms with Crippen molar-refractivity contribution in [3.05, 3.63) is 58.1 Å². The van der Waals surface area contributed by atoms with Crippen LogP contribution in [0.5, 0.6) is 5.75 Å². The number of carbonyl (C=O) groups is 1. The van der Waals surface area contributed by atoms with E-state index in [1.807, 2.05) is 44.2 Å². The maximum absolute atomic E-state index is 12.3. The molecule has 0 unspecified atom stereocenters. The van der Waals surface area contributed by atoms with Gasteiger partial charge in [0.2, 0.25) is 0 Å². The van der Waals surface area contributed by atoms with Crippen molar-refractivity contribution in [1.29, 1.82) is 0 Å². The van der Waals surface area contributed by atoms with Gasteiger partial charge in [0.05, 0.1) is 6.61 Å². The number of halogens is 1. The average molecular weight is 378 g/mol. The minimum Gasteiger partial charge on any atom is -0.491 e. The van der Waals surface area contributed by atoms with E-state index in [0.29, 0.717) is 36.8 Å². The fraction of sp³-hybridized carbons (Fsp3) is 0.278. The fourth-order valence-electron chi connectivity index (χ4n) is 1.96. The van der Waals surface area contributed by atoms with E-state index in [1.165, 1.54) is 0 Å². The summed E-state index contributed by atoms with van der Waals surface area (Å²) in [6, 6.07) is 12.8. The van der Waals surface area contributed by atoms with Gasteiger partial charge in [0, 0.05) is 28.4 Å². The number of ether oxygens (including phenoxy) is 2. The van der Waals surface area contributed by atoms with Crippen LogP contribution in [0.1, 0.15) is 22.8 Å². The molecule has 0 fully saturated rings. The number of carbonyl (C=O) groups excluding carboxylic acids is 1. The van der Waals surface area contributed by atoms with Gasteiger partial charge in [-0.2, -0.15) is 0 Å². The highest BCUT2D eigenvalue weighted by Gasteiger charge is 2.08. The third-order valence-electron chi connectivity index (χ3n) is 3.23. The Morgan fingerprint density at radius 3 is 2.74 bits per heavy atom. The van der Waals surface area contributed by atoms with E-state index < -0.39 is 0 Å². The van der Waals surface area contributed by atoms with Crippen molar-refractivity contribution in [3.63, 3.8) is 0 Å². The first-order valence-corrected chi connectivity index (χ1v) is 8.27. The van der Waals surface area contributed by atoms with E-state index in [9.17, 15) is 4.79 Å². The van der Waals surface area contributed by atoms with Crippen molar-refractivity contribution in [1.82, 2.24) is 0 Å². The van der Waals surface area contributed by atoms with Gasteiger partial charge < -0.3 is 14.8 Å². The molecule has 2 rings (SSSR count). The van der Waals surface area contributed by atoms with Crippen LogP contribution in [0.25, 0.3) is 0 Å². The molecule has 0 spiro atoms. The van der Waals surface area contributed by atoms with E-state index in [-0.39, 0.29) is 5.91 Å². The number of benzene rings is 2. The highest BCUT2D eigenvalue weighted by atomic mass is 79.9. The number of aryl methyl sites for hydroxylation is 1. The average Bonchev–Trinajstić information content (AvgIpc) is 2.54. The molecule has 0 aromatic heterocycles. The fourth-order valence-corrected chi connectivity index (χ4v) is 2.34. The van der Waals surface area contributed by atoms with E-state index in [1.54, 1.807) is 12.1 Å². The van der Waals surface area contributed by atoms with Crippen LogP contribution >= 0.6 is 15.9 Å². The Balaban J connectivity index is 1.99. The zero-order valence-corrected chi connectivity index (χ0v) is 14.9. The molecule has 0 heterocycles. The number of anilines is 1. The molecule has 4 nitrogen and oxygen atoms in total. The lowest BCUT2D eigenvalue weighted by Gasteiger charge is -2.10. The van der Waals surface area contributed by atoms with Crippen LogP contribution in [0.3, 0.4) is 0 Å². The van der Waals surface area contributed by atoms with Crippen LogP contribution < -0.4 is 10.1 Å². The molecule has 0 aliphatic rings. The Morgan fingerprint density at radius 1 is 1.17 bits per heavy atom. The van der Waals surface area contributed by atoms with Crippen LogP contribution in [0.4, 0.5) is 5.69 Å². The van der Waals surface area contributed by atoms with Gasteiger partial charge in [0.15, 0.2) is 0 Å². The molecule has 0 aliphatic heterocycles. The molecule has 2 aromatic rings. The third-order valence-corrected chi connectivity index (χ3v) is 4.08. The van der Waals surface area contributed by atoms with Crippen LogP contribution in [0, 0.1) is 6.92 Å². The first-order chi connectivity index (χ1) is 11.1. The summed E-state index contributed by atoms with van der Waals surface area (Å²) in [6.07, 6.45) is 0. The van der Waals surface area contributed by atoms with Gasteiger partial charge in [0.25, 0.3) is 5.91 Å². The molecule has 0 atom stereocenters. The van der Waals surface area contributed by atoms with Gasteiger partial charge >= 0.3 is 0 Å². The first-order valence-electron chi connectivity index (χ1n) is 7.48. The lowest BCUT2D eigenvalue weighted by atomic mass is 10.1. The smallest absolute Gasteiger partial charge is 0.255 e. The summed E-state index contributed by atoms with van der Waals surface area (Å²) in [5.41, 5.74) is 2.39. The van der Waals surface area contributed by atoms with Crippen molar-refractivity contribution < 1.29 is 14.3 Å². The highest BCUT2D eigenvalue weighted by molar-refractivity contribution is 9.10. The molecule has 0 bridgehead atoms. The summed E-state index contributed by atoms with van der Waals surface area (Å²) in [6.45, 7) is 5.63. The molecule has 122 valence electrons. The van der Waals surface area contributed by atoms with E-state index in [4.69, 9.17) is 9.47 Å². The second kappa shape index (κ2) is 8.70. The molecule has 1 N–H and O–H groups in total.